The van der Waals surface area contributed by atoms with Crippen LogP contribution in [0.4, 0.5) is 0 Å². The van der Waals surface area contributed by atoms with Crippen LogP contribution in [0.3, 0.4) is 0 Å². The molecular weight excluding hydrogens is 212 g/mol. The molecule has 1 aliphatic rings. The number of nitrogens with zero attached hydrogens (tertiary/aromatic N) is 1. The maximum atomic E-state index is 11.6. The summed E-state index contributed by atoms with van der Waals surface area (Å²) in [7, 11) is 0.735. The molecule has 4 nitrogen and oxygen atoms in total. The molecule has 1 aliphatic carbocycles. The van der Waals surface area contributed by atoms with Crippen LogP contribution < -0.4 is 5.73 Å². The number of nitrogens with two attached hydrogens (primary N) is 1. The first-order chi connectivity index (χ1) is 7.04. The van der Waals surface area contributed by atoms with Crippen molar-refractivity contribution < 1.29 is 9.00 Å². The summed E-state index contributed by atoms with van der Waals surface area (Å²) in [6.45, 7) is 2.48. The van der Waals surface area contributed by atoms with E-state index in [0.29, 0.717) is 18.3 Å². The van der Waals surface area contributed by atoms with Gasteiger partial charge in [0, 0.05) is 29.6 Å². The minimum atomic E-state index is -1.06. The van der Waals surface area contributed by atoms with Crippen LogP contribution in [0.2, 0.25) is 0 Å². The van der Waals surface area contributed by atoms with Crippen LogP contribution in [0.1, 0.15) is 19.8 Å². The highest BCUT2D eigenvalue weighted by Gasteiger charge is 2.30. The first-order valence-electron chi connectivity index (χ1n) is 5.35. The van der Waals surface area contributed by atoms with E-state index in [4.69, 9.17) is 5.73 Å². The molecule has 0 radical (unpaired) electrons. The monoisotopic (exact) mass is 232 g/mol. The lowest BCUT2D eigenvalue weighted by Gasteiger charge is -2.16. The second kappa shape index (κ2) is 5.61. The highest BCUT2D eigenvalue weighted by molar-refractivity contribution is 7.85. The predicted molar refractivity (Wildman–Crippen MR) is 61.9 cm³/mol. The van der Waals surface area contributed by atoms with E-state index in [1.165, 1.54) is 0 Å². The van der Waals surface area contributed by atoms with Crippen molar-refractivity contribution in [2.75, 3.05) is 25.1 Å². The smallest absolute Gasteiger partial charge is 0.235 e. The molecule has 2 unspecified atom stereocenters. The average Bonchev–Trinajstić information content (AvgIpc) is 2.99. The second-order valence-corrected chi connectivity index (χ2v) is 5.83. The van der Waals surface area contributed by atoms with Crippen molar-refractivity contribution in [1.82, 2.24) is 4.90 Å². The Hall–Kier alpha value is -0.420. The van der Waals surface area contributed by atoms with Crippen molar-refractivity contribution in [2.24, 2.45) is 11.7 Å². The largest absolute Gasteiger partial charge is 0.342 e. The van der Waals surface area contributed by atoms with Gasteiger partial charge in [-0.05, 0) is 25.3 Å². The van der Waals surface area contributed by atoms with Gasteiger partial charge in [0.05, 0.1) is 0 Å². The number of amides is 1. The number of hydrogen-bond acceptors (Lipinski definition) is 3. The summed E-state index contributed by atoms with van der Waals surface area (Å²) >= 11 is 0. The Kier molecular flexibility index (Phi) is 4.73. The van der Waals surface area contributed by atoms with Crippen LogP contribution in [-0.2, 0) is 15.6 Å². The van der Waals surface area contributed by atoms with E-state index >= 15 is 0 Å². The molecule has 0 bridgehead atoms. The van der Waals surface area contributed by atoms with Gasteiger partial charge in [-0.2, -0.15) is 0 Å². The molecule has 0 aromatic heterocycles. The van der Waals surface area contributed by atoms with E-state index in [9.17, 15) is 9.00 Å². The van der Waals surface area contributed by atoms with E-state index in [2.05, 4.69) is 0 Å². The summed E-state index contributed by atoms with van der Waals surface area (Å²) < 4.78 is 11.6. The molecule has 15 heavy (non-hydrogen) atoms. The van der Waals surface area contributed by atoms with Crippen molar-refractivity contribution >= 4 is 16.7 Å². The van der Waals surface area contributed by atoms with E-state index in [1.807, 2.05) is 6.92 Å². The van der Waals surface area contributed by atoms with Crippen molar-refractivity contribution in [3.05, 3.63) is 0 Å². The molecule has 0 aromatic rings. The quantitative estimate of drug-likeness (QED) is 0.698. The van der Waals surface area contributed by atoms with Gasteiger partial charge < -0.3 is 10.6 Å². The van der Waals surface area contributed by atoms with E-state index in [-0.39, 0.29) is 17.6 Å². The van der Waals surface area contributed by atoms with Crippen LogP contribution in [-0.4, -0.2) is 46.2 Å². The Morgan fingerprint density at radius 1 is 1.60 bits per heavy atom. The average molecular weight is 232 g/mol. The molecule has 1 fully saturated rings. The number of rotatable bonds is 6. The molecule has 1 amide bonds. The molecular formula is C10H20N2O2S. The molecule has 1 rings (SSSR count). The summed E-state index contributed by atoms with van der Waals surface area (Å²) in [6.07, 6.45) is 2.18. The minimum absolute atomic E-state index is 0.0000507. The van der Waals surface area contributed by atoms with Crippen LogP contribution in [0.5, 0.6) is 0 Å². The molecule has 0 heterocycles. The highest BCUT2D eigenvalue weighted by atomic mass is 32.2. The van der Waals surface area contributed by atoms with E-state index < -0.39 is 10.8 Å². The Morgan fingerprint density at radius 3 is 2.67 bits per heavy atom. The van der Waals surface area contributed by atoms with Crippen molar-refractivity contribution in [2.45, 2.75) is 25.8 Å². The second-order valence-electron chi connectivity index (χ2n) is 4.33. The van der Waals surface area contributed by atoms with Crippen LogP contribution in [0.15, 0.2) is 0 Å². The SMILES string of the molecule is CC(CN)CS(=O)CC(=O)N(C)C1CC1. The normalized spacial score (nSPS) is 19.7. The first-order valence-corrected chi connectivity index (χ1v) is 6.84. The maximum Gasteiger partial charge on any atom is 0.235 e. The molecule has 0 aromatic carbocycles. The lowest BCUT2D eigenvalue weighted by molar-refractivity contribution is -0.127. The van der Waals surface area contributed by atoms with Gasteiger partial charge in [0.2, 0.25) is 5.91 Å². The molecule has 0 spiro atoms. The fraction of sp³-hybridized carbons (Fsp3) is 0.900. The van der Waals surface area contributed by atoms with Gasteiger partial charge in [0.1, 0.15) is 5.75 Å². The van der Waals surface area contributed by atoms with Gasteiger partial charge in [0.15, 0.2) is 0 Å². The Labute approximate surface area is 93.7 Å². The lowest BCUT2D eigenvalue weighted by atomic mass is 10.2. The lowest BCUT2D eigenvalue weighted by Crippen LogP contribution is -2.34. The van der Waals surface area contributed by atoms with Crippen molar-refractivity contribution in [3.63, 3.8) is 0 Å². The van der Waals surface area contributed by atoms with E-state index in [0.717, 1.165) is 12.8 Å². The molecule has 2 N–H and O–H groups in total. The maximum absolute atomic E-state index is 11.6. The van der Waals surface area contributed by atoms with Gasteiger partial charge >= 0.3 is 0 Å². The van der Waals surface area contributed by atoms with Crippen molar-refractivity contribution in [1.29, 1.82) is 0 Å². The van der Waals surface area contributed by atoms with Crippen LogP contribution in [0, 0.1) is 5.92 Å². The van der Waals surface area contributed by atoms with Gasteiger partial charge in [-0.3, -0.25) is 9.00 Å². The third-order valence-electron chi connectivity index (χ3n) is 2.65. The summed E-state index contributed by atoms with van der Waals surface area (Å²) in [4.78, 5) is 13.3. The van der Waals surface area contributed by atoms with Crippen LogP contribution in [0.25, 0.3) is 0 Å². The third kappa shape index (κ3) is 4.30. The highest BCUT2D eigenvalue weighted by Crippen LogP contribution is 2.25. The fourth-order valence-electron chi connectivity index (χ4n) is 1.35. The molecule has 88 valence electrons. The number of hydrogen-bond donors (Lipinski definition) is 1. The molecule has 5 heteroatoms. The summed E-state index contributed by atoms with van der Waals surface area (Å²) in [6, 6.07) is 0.404. The third-order valence-corrected chi connectivity index (χ3v) is 4.15. The molecule has 2 atom stereocenters. The summed E-state index contributed by atoms with van der Waals surface area (Å²) in [5.41, 5.74) is 5.44. The zero-order valence-corrected chi connectivity index (χ0v) is 10.3. The van der Waals surface area contributed by atoms with Crippen LogP contribution >= 0.6 is 0 Å². The molecule has 0 aliphatic heterocycles. The van der Waals surface area contributed by atoms with Gasteiger partial charge in [-0.15, -0.1) is 0 Å². The van der Waals surface area contributed by atoms with Crippen molar-refractivity contribution in [3.8, 4) is 0 Å². The first kappa shape index (κ1) is 12.6. The summed E-state index contributed by atoms with van der Waals surface area (Å²) in [5, 5.41) is 0. The summed E-state index contributed by atoms with van der Waals surface area (Å²) in [5.74, 6) is 0.905. The molecule has 1 saturated carbocycles. The van der Waals surface area contributed by atoms with Gasteiger partial charge in [-0.25, -0.2) is 0 Å². The standard InChI is InChI=1S/C10H20N2O2S/c1-8(5-11)6-15(14)7-10(13)12(2)9-3-4-9/h8-9H,3-7,11H2,1-2H3. The predicted octanol–water partition coefficient (Wildman–Crippen LogP) is -0.0493. The molecule has 0 saturated heterocycles. The minimum Gasteiger partial charge on any atom is -0.342 e. The number of carbonyl (C=O) groups excluding carboxylic acids is 1. The van der Waals surface area contributed by atoms with Gasteiger partial charge in [0.25, 0.3) is 0 Å². The zero-order valence-electron chi connectivity index (χ0n) is 9.44. The zero-order chi connectivity index (χ0) is 11.4. The van der Waals surface area contributed by atoms with E-state index in [1.54, 1.807) is 11.9 Å². The topological polar surface area (TPSA) is 63.4 Å². The Bertz CT molecular complexity index is 254. The Morgan fingerprint density at radius 2 is 2.20 bits per heavy atom. The Balaban J connectivity index is 2.27. The van der Waals surface area contributed by atoms with Gasteiger partial charge in [-0.1, -0.05) is 6.92 Å². The number of carbonyl (C=O) groups is 1. The fourth-order valence-corrected chi connectivity index (χ4v) is 2.72.